The summed E-state index contributed by atoms with van der Waals surface area (Å²) in [6.07, 6.45) is 0. The topological polar surface area (TPSA) is 49.2 Å². The summed E-state index contributed by atoms with van der Waals surface area (Å²) in [5, 5.41) is 8.61. The highest BCUT2D eigenvalue weighted by Gasteiger charge is 2.22. The number of para-hydroxylation sites is 1. The first kappa shape index (κ1) is 22.1. The molecule has 0 aliphatic heterocycles. The SMILES string of the molecule is COc1cc2c(-c3ccc(Cl)cc3)nc3c(c(-c4ccccc4)nn3-c3ccccc3)c2cc1OC. The molecule has 176 valence electrons. The van der Waals surface area contributed by atoms with Gasteiger partial charge in [0.05, 0.1) is 31.0 Å². The normalized spacial score (nSPS) is 11.2. The van der Waals surface area contributed by atoms with Gasteiger partial charge in [0.15, 0.2) is 17.1 Å². The van der Waals surface area contributed by atoms with E-state index in [0.717, 1.165) is 50.0 Å². The molecule has 0 aliphatic rings. The Bertz CT molecular complexity index is 1700. The summed E-state index contributed by atoms with van der Waals surface area (Å²) in [6.45, 7) is 0. The molecular formula is C30H22ClN3O2. The minimum absolute atomic E-state index is 0.637. The smallest absolute Gasteiger partial charge is 0.164 e. The number of ether oxygens (including phenoxy) is 2. The zero-order chi connectivity index (χ0) is 24.6. The van der Waals surface area contributed by atoms with Crippen molar-refractivity contribution in [3.63, 3.8) is 0 Å². The molecule has 36 heavy (non-hydrogen) atoms. The lowest BCUT2D eigenvalue weighted by molar-refractivity contribution is 0.356. The largest absolute Gasteiger partial charge is 0.493 e. The first-order chi connectivity index (χ1) is 17.7. The molecule has 0 aliphatic carbocycles. The van der Waals surface area contributed by atoms with Crippen LogP contribution in [0, 0.1) is 0 Å². The van der Waals surface area contributed by atoms with Crippen LogP contribution in [0.4, 0.5) is 0 Å². The molecule has 0 N–H and O–H groups in total. The van der Waals surface area contributed by atoms with Gasteiger partial charge in [-0.15, -0.1) is 0 Å². The fourth-order valence-electron chi connectivity index (χ4n) is 4.58. The van der Waals surface area contributed by atoms with Crippen LogP contribution < -0.4 is 9.47 Å². The van der Waals surface area contributed by atoms with Crippen LogP contribution >= 0.6 is 11.6 Å². The zero-order valence-corrected chi connectivity index (χ0v) is 20.5. The Kier molecular flexibility index (Phi) is 5.55. The Balaban J connectivity index is 1.81. The Morgan fingerprint density at radius 2 is 1.25 bits per heavy atom. The molecule has 2 heterocycles. The van der Waals surface area contributed by atoms with E-state index in [1.54, 1.807) is 14.2 Å². The minimum atomic E-state index is 0.637. The number of halogens is 1. The van der Waals surface area contributed by atoms with Gasteiger partial charge in [-0.25, -0.2) is 9.67 Å². The van der Waals surface area contributed by atoms with Crippen molar-refractivity contribution in [1.29, 1.82) is 0 Å². The number of rotatable bonds is 5. The number of hydrogen-bond donors (Lipinski definition) is 0. The molecule has 0 saturated heterocycles. The summed E-state index contributed by atoms with van der Waals surface area (Å²) in [7, 11) is 3.29. The second kappa shape index (κ2) is 9.02. The average Bonchev–Trinajstić information content (AvgIpc) is 3.33. The second-order valence-electron chi connectivity index (χ2n) is 8.38. The van der Waals surface area contributed by atoms with Gasteiger partial charge >= 0.3 is 0 Å². The lowest BCUT2D eigenvalue weighted by Crippen LogP contribution is -1.99. The highest BCUT2D eigenvalue weighted by atomic mass is 35.5. The number of aromatic nitrogens is 3. The monoisotopic (exact) mass is 491 g/mol. The predicted molar refractivity (Wildman–Crippen MR) is 145 cm³/mol. The van der Waals surface area contributed by atoms with E-state index in [1.807, 2.05) is 89.6 Å². The van der Waals surface area contributed by atoms with Crippen molar-refractivity contribution in [3.05, 3.63) is 102 Å². The predicted octanol–water partition coefficient (Wildman–Crippen LogP) is 7.58. The van der Waals surface area contributed by atoms with E-state index in [0.29, 0.717) is 16.5 Å². The molecule has 0 fully saturated rings. The Hall–Kier alpha value is -4.35. The van der Waals surface area contributed by atoms with Gasteiger partial charge in [0, 0.05) is 26.9 Å². The molecule has 0 saturated carbocycles. The number of benzene rings is 4. The summed E-state index contributed by atoms with van der Waals surface area (Å²) in [6, 6.07) is 31.9. The van der Waals surface area contributed by atoms with Crippen molar-refractivity contribution in [3.8, 4) is 39.7 Å². The highest BCUT2D eigenvalue weighted by molar-refractivity contribution is 6.30. The van der Waals surface area contributed by atoms with Crippen molar-refractivity contribution >= 4 is 33.4 Å². The first-order valence-corrected chi connectivity index (χ1v) is 11.9. The van der Waals surface area contributed by atoms with Gasteiger partial charge in [-0.1, -0.05) is 72.3 Å². The van der Waals surface area contributed by atoms with Gasteiger partial charge in [0.1, 0.15) is 5.69 Å². The second-order valence-corrected chi connectivity index (χ2v) is 8.82. The molecule has 6 rings (SSSR count). The van der Waals surface area contributed by atoms with E-state index in [1.165, 1.54) is 0 Å². The number of fused-ring (bicyclic) bond motifs is 3. The van der Waals surface area contributed by atoms with Crippen LogP contribution in [0.5, 0.6) is 11.5 Å². The third-order valence-corrected chi connectivity index (χ3v) is 6.54. The maximum atomic E-state index is 6.21. The molecule has 0 spiro atoms. The first-order valence-electron chi connectivity index (χ1n) is 11.5. The summed E-state index contributed by atoms with van der Waals surface area (Å²) in [4.78, 5) is 5.22. The fraction of sp³-hybridized carbons (Fsp3) is 0.0667. The average molecular weight is 492 g/mol. The van der Waals surface area contributed by atoms with Gasteiger partial charge in [-0.2, -0.15) is 5.10 Å². The zero-order valence-electron chi connectivity index (χ0n) is 19.8. The molecule has 4 aromatic carbocycles. The number of pyridine rings is 1. The number of hydrogen-bond acceptors (Lipinski definition) is 4. The Morgan fingerprint density at radius 1 is 0.667 bits per heavy atom. The van der Waals surface area contributed by atoms with Crippen molar-refractivity contribution in [1.82, 2.24) is 14.8 Å². The van der Waals surface area contributed by atoms with Gasteiger partial charge in [0.25, 0.3) is 0 Å². The molecule has 0 unspecified atom stereocenters. The van der Waals surface area contributed by atoms with Gasteiger partial charge in [-0.05, 0) is 36.4 Å². The highest BCUT2D eigenvalue weighted by Crippen LogP contribution is 2.43. The molecule has 5 nitrogen and oxygen atoms in total. The van der Waals surface area contributed by atoms with E-state index >= 15 is 0 Å². The molecule has 0 radical (unpaired) electrons. The van der Waals surface area contributed by atoms with Crippen LogP contribution in [0.15, 0.2) is 97.1 Å². The third-order valence-electron chi connectivity index (χ3n) is 6.29. The van der Waals surface area contributed by atoms with Crippen molar-refractivity contribution in [2.24, 2.45) is 0 Å². The lowest BCUT2D eigenvalue weighted by Gasteiger charge is -2.14. The number of methoxy groups -OCH3 is 2. The van der Waals surface area contributed by atoms with E-state index in [9.17, 15) is 0 Å². The van der Waals surface area contributed by atoms with Crippen molar-refractivity contribution in [2.75, 3.05) is 14.2 Å². The summed E-state index contributed by atoms with van der Waals surface area (Å²) in [5.41, 5.74) is 5.30. The molecule has 0 bridgehead atoms. The maximum Gasteiger partial charge on any atom is 0.164 e. The Morgan fingerprint density at radius 3 is 1.89 bits per heavy atom. The van der Waals surface area contributed by atoms with Gasteiger partial charge in [0.2, 0.25) is 0 Å². The van der Waals surface area contributed by atoms with E-state index < -0.39 is 0 Å². The molecule has 0 atom stereocenters. The van der Waals surface area contributed by atoms with E-state index in [2.05, 4.69) is 12.1 Å². The molecular weight excluding hydrogens is 470 g/mol. The summed E-state index contributed by atoms with van der Waals surface area (Å²) < 4.78 is 13.3. The minimum Gasteiger partial charge on any atom is -0.493 e. The fourth-order valence-corrected chi connectivity index (χ4v) is 4.71. The molecule has 6 heteroatoms. The van der Waals surface area contributed by atoms with Crippen LogP contribution in [0.25, 0.3) is 50.0 Å². The lowest BCUT2D eigenvalue weighted by atomic mass is 9.98. The van der Waals surface area contributed by atoms with Crippen LogP contribution in [-0.4, -0.2) is 29.0 Å². The number of nitrogens with zero attached hydrogens (tertiary/aromatic N) is 3. The third kappa shape index (κ3) is 3.65. The molecule has 0 amide bonds. The Labute approximate surface area is 213 Å². The van der Waals surface area contributed by atoms with Crippen LogP contribution in [0.3, 0.4) is 0 Å². The van der Waals surface area contributed by atoms with Crippen LogP contribution in [-0.2, 0) is 0 Å². The van der Waals surface area contributed by atoms with Crippen LogP contribution in [0.2, 0.25) is 5.02 Å². The molecule has 2 aromatic heterocycles. The summed E-state index contributed by atoms with van der Waals surface area (Å²) in [5.74, 6) is 1.28. The summed E-state index contributed by atoms with van der Waals surface area (Å²) >= 11 is 6.21. The van der Waals surface area contributed by atoms with Gasteiger partial charge < -0.3 is 9.47 Å². The van der Waals surface area contributed by atoms with Gasteiger partial charge in [-0.3, -0.25) is 0 Å². The van der Waals surface area contributed by atoms with Crippen molar-refractivity contribution < 1.29 is 9.47 Å². The maximum absolute atomic E-state index is 6.21. The van der Waals surface area contributed by atoms with Crippen molar-refractivity contribution in [2.45, 2.75) is 0 Å². The van der Waals surface area contributed by atoms with E-state index in [-0.39, 0.29) is 0 Å². The quantitative estimate of drug-likeness (QED) is 0.249. The standard InChI is InChI=1S/C30H22ClN3O2/c1-35-25-17-23-24(18-26(25)36-2)28(20-13-15-21(31)16-14-20)32-30-27(23)29(19-9-5-3-6-10-19)33-34(30)22-11-7-4-8-12-22/h3-18H,1-2H3. The van der Waals surface area contributed by atoms with E-state index in [4.69, 9.17) is 31.2 Å². The molecule has 6 aromatic rings. The van der Waals surface area contributed by atoms with Crippen LogP contribution in [0.1, 0.15) is 0 Å².